The quantitative estimate of drug-likeness (QED) is 0.0320. The van der Waals surface area contributed by atoms with Crippen molar-refractivity contribution in [3.05, 3.63) is 12.2 Å². The molecule has 2 atom stereocenters. The number of carbonyl (C=O) groups is 2. The van der Waals surface area contributed by atoms with Crippen molar-refractivity contribution in [3.63, 3.8) is 0 Å². The van der Waals surface area contributed by atoms with E-state index in [-0.39, 0.29) is 18.5 Å². The molecule has 0 aliphatic carbocycles. The number of amides is 1. The molecule has 518 valence electrons. The Hall–Kier alpha value is -1.40. The third-order valence-corrected chi connectivity index (χ3v) is 19.3. The standard InChI is InChI=1S/C81H159NO5/c1-3-5-7-9-11-13-15-17-19-21-22-38-42-45-49-53-57-61-65-69-73-79(84)78(77-83)82-80(85)74-70-66-62-58-54-50-46-43-39-36-34-32-30-28-26-24-23-25-27-29-31-33-35-37-40-44-48-52-56-60-64-68-72-76-87-81(86)75-71-67-63-59-55-51-47-41-20-18-16-14-12-10-8-6-4-2/h18,20,78-79,83-84H,3-17,19,21-77H2,1-2H3,(H,82,85)/b20-18-. The number of nitrogens with one attached hydrogen (secondary N) is 1. The monoisotopic (exact) mass is 1230 g/mol. The van der Waals surface area contributed by atoms with Crippen LogP contribution in [0.25, 0.3) is 0 Å². The van der Waals surface area contributed by atoms with Crippen LogP contribution in [0.2, 0.25) is 0 Å². The molecule has 1 amide bonds. The molecular formula is C81H159NO5. The summed E-state index contributed by atoms with van der Waals surface area (Å²) in [5.41, 5.74) is 0. The van der Waals surface area contributed by atoms with Crippen LogP contribution in [0.3, 0.4) is 0 Å². The van der Waals surface area contributed by atoms with Gasteiger partial charge in [-0.15, -0.1) is 0 Å². The number of aliphatic hydroxyl groups is 2. The molecule has 87 heavy (non-hydrogen) atoms. The molecule has 2 unspecified atom stereocenters. The van der Waals surface area contributed by atoms with Crippen molar-refractivity contribution in [2.24, 2.45) is 0 Å². The van der Waals surface area contributed by atoms with E-state index in [4.69, 9.17) is 4.74 Å². The molecule has 0 aliphatic heterocycles. The summed E-state index contributed by atoms with van der Waals surface area (Å²) in [5.74, 6) is -0.00490. The fraction of sp³-hybridized carbons (Fsp3) is 0.951. The second-order valence-corrected chi connectivity index (χ2v) is 28.1. The SMILES string of the molecule is CCCCCCCC/C=C\CCCCCCCCCC(=O)OCCCCCCCCCCCCCCCCCCCCCCCCCCCCCCCCCCCC(=O)NC(CO)C(O)CCCCCCCCCCCCCCCCCCCCCC. The van der Waals surface area contributed by atoms with Gasteiger partial charge < -0.3 is 20.3 Å². The lowest BCUT2D eigenvalue weighted by Crippen LogP contribution is -2.45. The fourth-order valence-electron chi connectivity index (χ4n) is 13.2. The fourth-order valence-corrected chi connectivity index (χ4v) is 13.2. The van der Waals surface area contributed by atoms with Crippen LogP contribution in [-0.4, -0.2) is 47.4 Å². The minimum absolute atomic E-state index is 0.0197. The van der Waals surface area contributed by atoms with E-state index in [2.05, 4.69) is 31.3 Å². The van der Waals surface area contributed by atoms with Crippen molar-refractivity contribution < 1.29 is 24.5 Å². The molecule has 0 aromatic carbocycles. The van der Waals surface area contributed by atoms with Gasteiger partial charge in [0.15, 0.2) is 0 Å². The molecule has 0 spiro atoms. The molecule has 0 aromatic rings. The highest BCUT2D eigenvalue weighted by atomic mass is 16.5. The smallest absolute Gasteiger partial charge is 0.305 e. The Morgan fingerprint density at radius 2 is 0.540 bits per heavy atom. The Balaban J connectivity index is 3.31. The summed E-state index contributed by atoms with van der Waals surface area (Å²) < 4.78 is 5.51. The third-order valence-electron chi connectivity index (χ3n) is 19.3. The number of aliphatic hydroxyl groups excluding tert-OH is 2. The number of allylic oxidation sites excluding steroid dienone is 2. The number of esters is 1. The Morgan fingerprint density at radius 3 is 0.816 bits per heavy atom. The number of rotatable bonds is 77. The lowest BCUT2D eigenvalue weighted by Gasteiger charge is -2.22. The van der Waals surface area contributed by atoms with E-state index in [1.807, 2.05) is 0 Å². The maximum absolute atomic E-state index is 12.6. The van der Waals surface area contributed by atoms with Gasteiger partial charge in [0.05, 0.1) is 25.4 Å². The van der Waals surface area contributed by atoms with E-state index < -0.39 is 12.1 Å². The van der Waals surface area contributed by atoms with E-state index in [1.165, 1.54) is 398 Å². The first kappa shape index (κ1) is 85.6. The molecule has 0 aliphatic rings. The van der Waals surface area contributed by atoms with Gasteiger partial charge in [-0.25, -0.2) is 0 Å². The molecule has 0 rings (SSSR count). The molecule has 0 aromatic heterocycles. The first-order chi connectivity index (χ1) is 43.0. The maximum atomic E-state index is 12.6. The molecule has 6 heteroatoms. The van der Waals surface area contributed by atoms with E-state index >= 15 is 0 Å². The van der Waals surface area contributed by atoms with Crippen molar-refractivity contribution in [1.82, 2.24) is 5.32 Å². The van der Waals surface area contributed by atoms with Crippen LogP contribution in [0.5, 0.6) is 0 Å². The number of unbranched alkanes of at least 4 members (excludes halogenated alkanes) is 64. The summed E-state index contributed by atoms with van der Waals surface area (Å²) in [4.78, 5) is 24.7. The van der Waals surface area contributed by atoms with Crippen molar-refractivity contribution >= 4 is 11.9 Å². The lowest BCUT2D eigenvalue weighted by molar-refractivity contribution is -0.143. The highest BCUT2D eigenvalue weighted by Gasteiger charge is 2.20. The summed E-state index contributed by atoms with van der Waals surface area (Å²) in [5, 5.41) is 23.4. The van der Waals surface area contributed by atoms with Crippen LogP contribution in [0.1, 0.15) is 470 Å². The topological polar surface area (TPSA) is 95.9 Å². The first-order valence-corrected chi connectivity index (χ1v) is 40.4. The summed E-state index contributed by atoms with van der Waals surface area (Å²) in [6, 6.07) is -0.538. The van der Waals surface area contributed by atoms with Gasteiger partial charge in [-0.2, -0.15) is 0 Å². The lowest BCUT2D eigenvalue weighted by atomic mass is 10.0. The second kappa shape index (κ2) is 77.1. The summed E-state index contributed by atoms with van der Waals surface area (Å²) >= 11 is 0. The van der Waals surface area contributed by atoms with Gasteiger partial charge in [-0.3, -0.25) is 9.59 Å². The Labute approximate surface area is 546 Å². The van der Waals surface area contributed by atoms with E-state index in [0.29, 0.717) is 25.9 Å². The molecule has 0 radical (unpaired) electrons. The molecule has 0 saturated heterocycles. The number of carbonyl (C=O) groups excluding carboxylic acids is 2. The van der Waals surface area contributed by atoms with E-state index in [9.17, 15) is 19.8 Å². The Morgan fingerprint density at radius 1 is 0.310 bits per heavy atom. The minimum atomic E-state index is -0.661. The van der Waals surface area contributed by atoms with Crippen molar-refractivity contribution in [3.8, 4) is 0 Å². The molecule has 0 heterocycles. The highest BCUT2D eigenvalue weighted by Crippen LogP contribution is 2.21. The molecule has 6 nitrogen and oxygen atoms in total. The van der Waals surface area contributed by atoms with Crippen LogP contribution >= 0.6 is 0 Å². The second-order valence-electron chi connectivity index (χ2n) is 28.1. The molecule has 0 saturated carbocycles. The Bertz CT molecular complexity index is 1320. The summed E-state index contributed by atoms with van der Waals surface area (Å²) in [6.07, 6.45) is 97.4. The van der Waals surface area contributed by atoms with Crippen LogP contribution in [0.15, 0.2) is 12.2 Å². The predicted molar refractivity (Wildman–Crippen MR) is 384 cm³/mol. The van der Waals surface area contributed by atoms with Crippen LogP contribution < -0.4 is 5.32 Å². The summed E-state index contributed by atoms with van der Waals surface area (Å²) in [7, 11) is 0. The van der Waals surface area contributed by atoms with Crippen molar-refractivity contribution in [2.45, 2.75) is 482 Å². The van der Waals surface area contributed by atoms with Crippen molar-refractivity contribution in [1.29, 1.82) is 0 Å². The van der Waals surface area contributed by atoms with Gasteiger partial charge in [-0.05, 0) is 51.4 Å². The molecule has 0 fully saturated rings. The van der Waals surface area contributed by atoms with Gasteiger partial charge in [-0.1, -0.05) is 418 Å². The Kier molecular flexibility index (Phi) is 75.8. The number of hydrogen-bond acceptors (Lipinski definition) is 5. The van der Waals surface area contributed by atoms with Gasteiger partial charge in [0.2, 0.25) is 5.91 Å². The summed E-state index contributed by atoms with van der Waals surface area (Å²) in [6.45, 7) is 5.01. The highest BCUT2D eigenvalue weighted by molar-refractivity contribution is 5.76. The molecule has 0 bridgehead atoms. The van der Waals surface area contributed by atoms with E-state index in [0.717, 1.165) is 38.5 Å². The first-order valence-electron chi connectivity index (χ1n) is 40.4. The zero-order valence-corrected chi connectivity index (χ0v) is 59.5. The maximum Gasteiger partial charge on any atom is 0.305 e. The largest absolute Gasteiger partial charge is 0.466 e. The normalized spacial score (nSPS) is 12.5. The third kappa shape index (κ3) is 73.5. The zero-order valence-electron chi connectivity index (χ0n) is 59.5. The number of hydrogen-bond donors (Lipinski definition) is 3. The van der Waals surface area contributed by atoms with Gasteiger partial charge in [0.1, 0.15) is 0 Å². The van der Waals surface area contributed by atoms with Crippen LogP contribution in [0, 0.1) is 0 Å². The average Bonchev–Trinajstić information content (AvgIpc) is 3.53. The molecule has 3 N–H and O–H groups in total. The van der Waals surface area contributed by atoms with Crippen LogP contribution in [-0.2, 0) is 14.3 Å². The zero-order chi connectivity index (χ0) is 62.8. The van der Waals surface area contributed by atoms with Gasteiger partial charge >= 0.3 is 5.97 Å². The van der Waals surface area contributed by atoms with Gasteiger partial charge in [0.25, 0.3) is 0 Å². The van der Waals surface area contributed by atoms with Crippen molar-refractivity contribution in [2.75, 3.05) is 13.2 Å². The van der Waals surface area contributed by atoms with E-state index in [1.54, 1.807) is 0 Å². The average molecular weight is 1230 g/mol. The number of ether oxygens (including phenoxy) is 1. The van der Waals surface area contributed by atoms with Crippen LogP contribution in [0.4, 0.5) is 0 Å². The van der Waals surface area contributed by atoms with Gasteiger partial charge in [0, 0.05) is 12.8 Å². The minimum Gasteiger partial charge on any atom is -0.466 e. The molecular weight excluding hydrogens is 1070 g/mol. The predicted octanol–water partition coefficient (Wildman–Crippen LogP) is 26.7.